The summed E-state index contributed by atoms with van der Waals surface area (Å²) in [6.45, 7) is 0. The first-order valence-electron chi connectivity index (χ1n) is 3.27. The van der Waals surface area contributed by atoms with Gasteiger partial charge in [-0.2, -0.15) is 5.10 Å². The minimum absolute atomic E-state index is 0.165. The monoisotopic (exact) mass is 164 g/mol. The van der Waals surface area contributed by atoms with Crippen molar-refractivity contribution >= 4 is 5.84 Å². The second kappa shape index (κ2) is 4.12. The molecule has 2 N–H and O–H groups in total. The Labute approximate surface area is 69.3 Å². The van der Waals surface area contributed by atoms with Crippen molar-refractivity contribution in [2.24, 2.45) is 10.2 Å². The lowest BCUT2D eigenvalue weighted by Crippen LogP contribution is -2.07. The molecule has 6 nitrogen and oxygen atoms in total. The summed E-state index contributed by atoms with van der Waals surface area (Å²) in [5.74, 6) is 0.500. The SMILES string of the molecule is CN/N=C(\N=N)c1ncccn1. The van der Waals surface area contributed by atoms with Gasteiger partial charge < -0.3 is 5.43 Å². The summed E-state index contributed by atoms with van der Waals surface area (Å²) < 4.78 is 0. The number of hydrazone groups is 1. The number of hydrogen-bond donors (Lipinski definition) is 2. The molecule has 62 valence electrons. The van der Waals surface area contributed by atoms with Crippen LogP contribution in [0.1, 0.15) is 5.82 Å². The molecule has 0 radical (unpaired) electrons. The van der Waals surface area contributed by atoms with Gasteiger partial charge >= 0.3 is 0 Å². The van der Waals surface area contributed by atoms with Crippen LogP contribution in [0.25, 0.3) is 0 Å². The summed E-state index contributed by atoms with van der Waals surface area (Å²) in [6.07, 6.45) is 3.14. The molecule has 0 unspecified atom stereocenters. The normalized spacial score (nSPS) is 10.9. The minimum Gasteiger partial charge on any atom is -0.311 e. The van der Waals surface area contributed by atoms with Crippen molar-refractivity contribution in [1.29, 1.82) is 5.53 Å². The van der Waals surface area contributed by atoms with Gasteiger partial charge in [0.05, 0.1) is 0 Å². The van der Waals surface area contributed by atoms with Gasteiger partial charge in [0, 0.05) is 19.4 Å². The largest absolute Gasteiger partial charge is 0.311 e. The van der Waals surface area contributed by atoms with Crippen molar-refractivity contribution in [3.8, 4) is 0 Å². The van der Waals surface area contributed by atoms with E-state index in [1.807, 2.05) is 0 Å². The Morgan fingerprint density at radius 1 is 1.50 bits per heavy atom. The second-order valence-electron chi connectivity index (χ2n) is 1.84. The highest BCUT2D eigenvalue weighted by molar-refractivity contribution is 5.95. The van der Waals surface area contributed by atoms with Gasteiger partial charge in [-0.1, -0.05) is 0 Å². The van der Waals surface area contributed by atoms with Crippen molar-refractivity contribution in [2.45, 2.75) is 0 Å². The summed E-state index contributed by atoms with van der Waals surface area (Å²) in [5, 5.41) is 6.86. The zero-order chi connectivity index (χ0) is 8.81. The van der Waals surface area contributed by atoms with Gasteiger partial charge in [0.25, 0.3) is 0 Å². The molecule has 0 aromatic carbocycles. The quantitative estimate of drug-likeness (QED) is 0.287. The van der Waals surface area contributed by atoms with E-state index in [-0.39, 0.29) is 5.84 Å². The summed E-state index contributed by atoms with van der Waals surface area (Å²) in [7, 11) is 1.62. The molecular formula is C6H8N6. The Hall–Kier alpha value is -1.85. The van der Waals surface area contributed by atoms with E-state index in [9.17, 15) is 0 Å². The van der Waals surface area contributed by atoms with Gasteiger partial charge in [0.2, 0.25) is 11.7 Å². The molecule has 12 heavy (non-hydrogen) atoms. The molecule has 0 saturated heterocycles. The Bertz CT molecular complexity index is 279. The van der Waals surface area contributed by atoms with Gasteiger partial charge in [0.15, 0.2) is 0 Å². The third kappa shape index (κ3) is 1.82. The summed E-state index contributed by atoms with van der Waals surface area (Å²) in [5.41, 5.74) is 9.29. The van der Waals surface area contributed by atoms with Crippen LogP contribution in [0.4, 0.5) is 0 Å². The zero-order valence-corrected chi connectivity index (χ0v) is 6.52. The molecule has 0 aliphatic heterocycles. The minimum atomic E-state index is 0.165. The van der Waals surface area contributed by atoms with E-state index in [1.165, 1.54) is 0 Å². The highest BCUT2D eigenvalue weighted by Gasteiger charge is 2.02. The van der Waals surface area contributed by atoms with Crippen molar-refractivity contribution < 1.29 is 0 Å². The number of nitrogens with one attached hydrogen (secondary N) is 2. The van der Waals surface area contributed by atoms with E-state index < -0.39 is 0 Å². The molecule has 0 fully saturated rings. The van der Waals surface area contributed by atoms with Gasteiger partial charge in [-0.05, 0) is 6.07 Å². The first-order chi connectivity index (χ1) is 5.88. The molecule has 1 aromatic rings. The van der Waals surface area contributed by atoms with E-state index in [0.717, 1.165) is 0 Å². The molecule has 6 heteroatoms. The standard InChI is InChI=1S/C6H8N6/c1-8-12-6(11-7)5-9-3-2-4-10-5/h2-4,7-8H,1H3/b11-7?,12-6-. The first kappa shape index (κ1) is 8.25. The summed E-state index contributed by atoms with van der Waals surface area (Å²) >= 11 is 0. The number of aromatic nitrogens is 2. The number of rotatable bonds is 2. The molecule has 0 bridgehead atoms. The van der Waals surface area contributed by atoms with Crippen LogP contribution in [0, 0.1) is 5.53 Å². The molecule has 0 atom stereocenters. The van der Waals surface area contributed by atoms with E-state index in [4.69, 9.17) is 5.53 Å². The highest BCUT2D eigenvalue weighted by atomic mass is 15.3. The molecule has 0 aliphatic rings. The average molecular weight is 164 g/mol. The number of amidine groups is 1. The zero-order valence-electron chi connectivity index (χ0n) is 6.52. The van der Waals surface area contributed by atoms with Crippen LogP contribution in [-0.2, 0) is 0 Å². The van der Waals surface area contributed by atoms with Crippen molar-refractivity contribution in [2.75, 3.05) is 7.05 Å². The molecule has 0 saturated carbocycles. The van der Waals surface area contributed by atoms with E-state index >= 15 is 0 Å². The van der Waals surface area contributed by atoms with Crippen LogP contribution in [0.15, 0.2) is 28.7 Å². The van der Waals surface area contributed by atoms with Gasteiger partial charge in [-0.25, -0.2) is 15.5 Å². The smallest absolute Gasteiger partial charge is 0.237 e. The summed E-state index contributed by atoms with van der Waals surface area (Å²) in [6, 6.07) is 1.68. The van der Waals surface area contributed by atoms with Crippen LogP contribution in [0.3, 0.4) is 0 Å². The highest BCUT2D eigenvalue weighted by Crippen LogP contribution is 1.91. The molecule has 1 heterocycles. The molecule has 0 spiro atoms. The molecule has 1 rings (SSSR count). The Balaban J connectivity index is 2.96. The van der Waals surface area contributed by atoms with Gasteiger partial charge in [-0.15, -0.1) is 5.11 Å². The van der Waals surface area contributed by atoms with Gasteiger partial charge in [0.1, 0.15) is 0 Å². The van der Waals surface area contributed by atoms with Crippen molar-refractivity contribution in [1.82, 2.24) is 15.4 Å². The maximum atomic E-state index is 6.77. The van der Waals surface area contributed by atoms with Crippen LogP contribution >= 0.6 is 0 Å². The maximum absolute atomic E-state index is 6.77. The second-order valence-corrected chi connectivity index (χ2v) is 1.84. The molecule has 0 amide bonds. The fraction of sp³-hybridized carbons (Fsp3) is 0.167. The Morgan fingerprint density at radius 3 is 2.67 bits per heavy atom. The third-order valence-electron chi connectivity index (χ3n) is 1.09. The molecular weight excluding hydrogens is 156 g/mol. The van der Waals surface area contributed by atoms with Crippen molar-refractivity contribution in [3.05, 3.63) is 24.3 Å². The number of hydrogen-bond acceptors (Lipinski definition) is 5. The van der Waals surface area contributed by atoms with Crippen LogP contribution < -0.4 is 5.43 Å². The fourth-order valence-electron chi connectivity index (χ4n) is 0.645. The van der Waals surface area contributed by atoms with E-state index in [0.29, 0.717) is 5.82 Å². The summed E-state index contributed by atoms with van der Waals surface area (Å²) in [4.78, 5) is 7.75. The van der Waals surface area contributed by atoms with E-state index in [2.05, 4.69) is 25.6 Å². The Kier molecular flexibility index (Phi) is 2.83. The van der Waals surface area contributed by atoms with Crippen LogP contribution in [0.5, 0.6) is 0 Å². The maximum Gasteiger partial charge on any atom is 0.237 e. The van der Waals surface area contributed by atoms with E-state index in [1.54, 1.807) is 25.5 Å². The third-order valence-corrected chi connectivity index (χ3v) is 1.09. The molecule has 1 aromatic heterocycles. The topological polar surface area (TPSA) is 86.4 Å². The fourth-order valence-corrected chi connectivity index (χ4v) is 0.645. The number of nitrogens with zero attached hydrogens (tertiary/aromatic N) is 4. The lowest BCUT2D eigenvalue weighted by atomic mass is 10.5. The molecule has 0 aliphatic carbocycles. The predicted molar refractivity (Wildman–Crippen MR) is 42.8 cm³/mol. The lowest BCUT2D eigenvalue weighted by molar-refractivity contribution is 0.885. The van der Waals surface area contributed by atoms with Gasteiger partial charge in [-0.3, -0.25) is 0 Å². The lowest BCUT2D eigenvalue weighted by Gasteiger charge is -1.94. The van der Waals surface area contributed by atoms with Crippen molar-refractivity contribution in [3.63, 3.8) is 0 Å². The average Bonchev–Trinajstić information content (AvgIpc) is 2.15. The Morgan fingerprint density at radius 2 is 2.17 bits per heavy atom. The predicted octanol–water partition coefficient (Wildman–Crippen LogP) is 0.389. The first-order valence-corrected chi connectivity index (χ1v) is 3.27. The van der Waals surface area contributed by atoms with Crippen LogP contribution in [-0.4, -0.2) is 22.9 Å². The van der Waals surface area contributed by atoms with Crippen LogP contribution in [0.2, 0.25) is 0 Å².